The molecule has 3 N–H and O–H groups in total. The quantitative estimate of drug-likeness (QED) is 0.582. The van der Waals surface area contributed by atoms with E-state index in [2.05, 4.69) is 20.2 Å². The molecule has 33 heavy (non-hydrogen) atoms. The SMILES string of the molecule is CN1C(=O)N([C@H]2CC[C@@H](c3cc(Nc4ccc5c(c4F)CNS5(=O)=O)n[nH]3)C2)C(=O)C1(C)C. The highest BCUT2D eigenvalue weighted by molar-refractivity contribution is 7.89. The number of likely N-dealkylation sites (N-methyl/N-ethyl adjacent to an activating group) is 1. The van der Waals surface area contributed by atoms with Gasteiger partial charge in [-0.3, -0.25) is 14.8 Å². The van der Waals surface area contributed by atoms with E-state index < -0.39 is 21.4 Å². The van der Waals surface area contributed by atoms with Gasteiger partial charge in [0.25, 0.3) is 5.91 Å². The number of aromatic nitrogens is 2. The zero-order valence-corrected chi connectivity index (χ0v) is 19.3. The van der Waals surface area contributed by atoms with Crippen molar-refractivity contribution < 1.29 is 22.4 Å². The Morgan fingerprint density at radius 1 is 1.24 bits per heavy atom. The van der Waals surface area contributed by atoms with Crippen LogP contribution >= 0.6 is 0 Å². The maximum absolute atomic E-state index is 14.8. The Bertz CT molecular complexity index is 1270. The van der Waals surface area contributed by atoms with Crippen molar-refractivity contribution in [2.24, 2.45) is 0 Å². The molecule has 5 rings (SSSR count). The largest absolute Gasteiger partial charge is 0.336 e. The van der Waals surface area contributed by atoms with Gasteiger partial charge in [-0.05, 0) is 45.2 Å². The van der Waals surface area contributed by atoms with Crippen LogP contribution in [-0.4, -0.2) is 59.0 Å². The Morgan fingerprint density at radius 3 is 2.70 bits per heavy atom. The Labute approximate surface area is 190 Å². The molecule has 0 radical (unpaired) electrons. The Kier molecular flexibility index (Phi) is 4.80. The van der Waals surface area contributed by atoms with Crippen molar-refractivity contribution in [3.63, 3.8) is 0 Å². The third kappa shape index (κ3) is 3.31. The summed E-state index contributed by atoms with van der Waals surface area (Å²) in [7, 11) is -2.01. The number of aromatic amines is 1. The minimum atomic E-state index is -3.65. The average molecular weight is 477 g/mol. The second-order valence-electron chi connectivity index (χ2n) is 9.30. The van der Waals surface area contributed by atoms with E-state index in [9.17, 15) is 22.4 Å². The summed E-state index contributed by atoms with van der Waals surface area (Å²) in [6, 6.07) is 4.07. The van der Waals surface area contributed by atoms with Crippen LogP contribution in [0.4, 0.5) is 20.7 Å². The van der Waals surface area contributed by atoms with Crippen LogP contribution in [0.5, 0.6) is 0 Å². The summed E-state index contributed by atoms with van der Waals surface area (Å²) in [4.78, 5) is 28.3. The second-order valence-corrected chi connectivity index (χ2v) is 11.0. The van der Waals surface area contributed by atoms with Gasteiger partial charge in [0.2, 0.25) is 10.0 Å². The van der Waals surface area contributed by atoms with Gasteiger partial charge < -0.3 is 10.2 Å². The number of urea groups is 1. The smallest absolute Gasteiger partial charge is 0.327 e. The monoisotopic (exact) mass is 476 g/mol. The topological polar surface area (TPSA) is 128 Å². The molecular formula is C21H25FN6O4S. The zero-order valence-electron chi connectivity index (χ0n) is 18.5. The number of nitrogens with one attached hydrogen (secondary N) is 3. The molecule has 12 heteroatoms. The number of sulfonamides is 1. The molecule has 1 aromatic carbocycles. The number of amides is 3. The molecule has 3 amide bonds. The van der Waals surface area contributed by atoms with Gasteiger partial charge in [0.05, 0.1) is 10.6 Å². The Morgan fingerprint density at radius 2 is 2.00 bits per heavy atom. The van der Waals surface area contributed by atoms with E-state index in [4.69, 9.17) is 0 Å². The van der Waals surface area contributed by atoms with Gasteiger partial charge >= 0.3 is 6.03 Å². The second kappa shape index (κ2) is 7.26. The first-order chi connectivity index (χ1) is 15.5. The summed E-state index contributed by atoms with van der Waals surface area (Å²) in [6.07, 6.45) is 2.11. The first kappa shape index (κ1) is 21.8. The molecule has 3 heterocycles. The number of nitrogens with zero attached hydrogens (tertiary/aromatic N) is 3. The standard InChI is InChI=1S/C21H25FN6O4S/c1-21(2)19(29)28(20(30)27(21)3)12-5-4-11(8-12)15-9-17(26-25-15)24-14-6-7-16-13(18(14)22)10-23-33(16,31)32/h6-7,9,11-12,23H,4-5,8,10H2,1-3H3,(H2,24,25,26)/t11-,12+/m1/s1. The summed E-state index contributed by atoms with van der Waals surface area (Å²) in [5, 5.41) is 10.1. The molecule has 3 aliphatic rings. The number of benzene rings is 1. The first-order valence-electron chi connectivity index (χ1n) is 10.8. The summed E-state index contributed by atoms with van der Waals surface area (Å²) in [6.45, 7) is 3.40. The number of rotatable bonds is 4. The number of carbonyl (C=O) groups is 2. The lowest BCUT2D eigenvalue weighted by molar-refractivity contribution is -0.133. The predicted octanol–water partition coefficient (Wildman–Crippen LogP) is 2.39. The maximum atomic E-state index is 14.8. The number of hydrogen-bond donors (Lipinski definition) is 3. The van der Waals surface area contributed by atoms with Crippen LogP contribution in [0.25, 0.3) is 0 Å². The molecule has 0 unspecified atom stereocenters. The molecule has 10 nitrogen and oxygen atoms in total. The lowest BCUT2D eigenvalue weighted by Crippen LogP contribution is -2.42. The van der Waals surface area contributed by atoms with E-state index >= 15 is 0 Å². The van der Waals surface area contributed by atoms with E-state index in [0.29, 0.717) is 18.7 Å². The molecule has 2 fully saturated rings. The molecule has 1 aliphatic carbocycles. The molecule has 176 valence electrons. The lowest BCUT2D eigenvalue weighted by Gasteiger charge is -2.23. The van der Waals surface area contributed by atoms with Crippen LogP contribution in [0.2, 0.25) is 0 Å². The number of fused-ring (bicyclic) bond motifs is 1. The minimum absolute atomic E-state index is 0.0508. The molecule has 0 spiro atoms. The van der Waals surface area contributed by atoms with Gasteiger partial charge in [0.1, 0.15) is 5.54 Å². The molecular weight excluding hydrogens is 451 g/mol. The predicted molar refractivity (Wildman–Crippen MR) is 117 cm³/mol. The van der Waals surface area contributed by atoms with Crippen LogP contribution in [-0.2, 0) is 21.4 Å². The molecule has 1 aromatic heterocycles. The molecule has 1 saturated carbocycles. The van der Waals surface area contributed by atoms with Gasteiger partial charge in [-0.25, -0.2) is 22.3 Å². The van der Waals surface area contributed by atoms with E-state index in [0.717, 1.165) is 12.1 Å². The molecule has 2 aromatic rings. The fourth-order valence-electron chi connectivity index (χ4n) is 4.83. The number of carbonyl (C=O) groups excluding carboxylic acids is 2. The highest BCUT2D eigenvalue weighted by atomic mass is 32.2. The third-order valence-electron chi connectivity index (χ3n) is 7.07. The minimum Gasteiger partial charge on any atom is -0.336 e. The molecule has 1 saturated heterocycles. The fourth-order valence-corrected chi connectivity index (χ4v) is 6.05. The number of H-pyrrole nitrogens is 1. The van der Waals surface area contributed by atoms with Crippen LogP contribution in [0, 0.1) is 5.82 Å². The van der Waals surface area contributed by atoms with Gasteiger partial charge in [-0.1, -0.05) is 0 Å². The van der Waals surface area contributed by atoms with E-state index in [-0.39, 0.29) is 46.6 Å². The van der Waals surface area contributed by atoms with E-state index in [1.807, 2.05) is 0 Å². The maximum Gasteiger partial charge on any atom is 0.327 e. The summed E-state index contributed by atoms with van der Waals surface area (Å²) in [5.74, 6) is -0.345. The molecule has 2 atom stereocenters. The van der Waals surface area contributed by atoms with Crippen LogP contribution in [0.3, 0.4) is 0 Å². The Hall–Kier alpha value is -2.99. The third-order valence-corrected chi connectivity index (χ3v) is 8.56. The first-order valence-corrected chi connectivity index (χ1v) is 12.2. The lowest BCUT2D eigenvalue weighted by atomic mass is 10.0. The molecule has 2 aliphatic heterocycles. The van der Waals surface area contributed by atoms with E-state index in [1.165, 1.54) is 21.9 Å². The van der Waals surface area contributed by atoms with Crippen LogP contribution in [0.1, 0.15) is 50.3 Å². The normalized spacial score (nSPS) is 25.7. The number of imide groups is 1. The van der Waals surface area contributed by atoms with Crippen LogP contribution in [0.15, 0.2) is 23.1 Å². The number of anilines is 2. The van der Waals surface area contributed by atoms with Gasteiger partial charge in [0.15, 0.2) is 11.6 Å². The van der Waals surface area contributed by atoms with Crippen molar-refractivity contribution in [2.45, 2.75) is 62.0 Å². The number of hydrogen-bond acceptors (Lipinski definition) is 6. The highest BCUT2D eigenvalue weighted by Gasteiger charge is 2.52. The highest BCUT2D eigenvalue weighted by Crippen LogP contribution is 2.40. The van der Waals surface area contributed by atoms with Crippen molar-refractivity contribution in [1.82, 2.24) is 24.7 Å². The van der Waals surface area contributed by atoms with Crippen molar-refractivity contribution in [3.05, 3.63) is 35.3 Å². The number of halogens is 1. The molecule has 0 bridgehead atoms. The van der Waals surface area contributed by atoms with Gasteiger partial charge in [0, 0.05) is 42.9 Å². The van der Waals surface area contributed by atoms with Crippen molar-refractivity contribution in [1.29, 1.82) is 0 Å². The fraction of sp³-hybridized carbons (Fsp3) is 0.476. The van der Waals surface area contributed by atoms with Gasteiger partial charge in [-0.2, -0.15) is 5.10 Å². The summed E-state index contributed by atoms with van der Waals surface area (Å²) < 4.78 is 40.9. The zero-order chi connectivity index (χ0) is 23.7. The van der Waals surface area contributed by atoms with Crippen molar-refractivity contribution >= 4 is 33.5 Å². The van der Waals surface area contributed by atoms with E-state index in [1.54, 1.807) is 27.0 Å². The average Bonchev–Trinajstić information content (AvgIpc) is 3.51. The van der Waals surface area contributed by atoms with Crippen molar-refractivity contribution in [3.8, 4) is 0 Å². The Balaban J connectivity index is 1.30. The van der Waals surface area contributed by atoms with Gasteiger partial charge in [-0.15, -0.1) is 0 Å². The summed E-state index contributed by atoms with van der Waals surface area (Å²) in [5.41, 5.74) is 0.211. The van der Waals surface area contributed by atoms with Crippen LogP contribution < -0.4 is 10.0 Å². The summed E-state index contributed by atoms with van der Waals surface area (Å²) >= 11 is 0. The van der Waals surface area contributed by atoms with Crippen molar-refractivity contribution in [2.75, 3.05) is 12.4 Å².